The van der Waals surface area contributed by atoms with E-state index in [-0.39, 0.29) is 6.04 Å². The molecule has 1 saturated heterocycles. The molecule has 1 fully saturated rings. The van der Waals surface area contributed by atoms with E-state index >= 15 is 0 Å². The van der Waals surface area contributed by atoms with E-state index in [0.29, 0.717) is 5.89 Å². The van der Waals surface area contributed by atoms with Crippen LogP contribution in [0.15, 0.2) is 21.3 Å². The van der Waals surface area contributed by atoms with Gasteiger partial charge in [-0.1, -0.05) is 18.5 Å². The lowest BCUT2D eigenvalue weighted by Crippen LogP contribution is -2.45. The van der Waals surface area contributed by atoms with E-state index < -0.39 is 0 Å². The molecule has 3 rings (SSSR count). The normalized spacial score (nSPS) is 18.0. The molecule has 6 nitrogen and oxygen atoms in total. The molecule has 0 aliphatic carbocycles. The second kappa shape index (κ2) is 6.41. The molecule has 2 aromatic heterocycles. The Bertz CT molecular complexity index is 572. The van der Waals surface area contributed by atoms with Crippen molar-refractivity contribution in [2.45, 2.75) is 32.7 Å². The van der Waals surface area contributed by atoms with E-state index in [1.807, 2.05) is 13.0 Å². The first kappa shape index (κ1) is 14.3. The molecule has 1 atom stereocenters. The van der Waals surface area contributed by atoms with Crippen LogP contribution in [-0.4, -0.2) is 41.2 Å². The van der Waals surface area contributed by atoms with Crippen LogP contribution in [0, 0.1) is 6.92 Å². The van der Waals surface area contributed by atoms with Crippen LogP contribution in [0.3, 0.4) is 0 Å². The van der Waals surface area contributed by atoms with Gasteiger partial charge in [0.05, 0.1) is 11.6 Å². The zero-order chi connectivity index (χ0) is 14.7. The standard InChI is InChI=1S/C15H22N4O2/c1-3-4-13(19-7-5-16-6-8-19)14-17-15(21-18-14)12-9-11(2)20-10-12/h9-10,13,16H,3-8H2,1-2H3. The fourth-order valence-corrected chi connectivity index (χ4v) is 2.79. The molecule has 1 N–H and O–H groups in total. The van der Waals surface area contributed by atoms with Crippen LogP contribution in [0.4, 0.5) is 0 Å². The Morgan fingerprint density at radius 2 is 2.19 bits per heavy atom. The maximum Gasteiger partial charge on any atom is 0.261 e. The highest BCUT2D eigenvalue weighted by Crippen LogP contribution is 2.27. The van der Waals surface area contributed by atoms with Gasteiger partial charge in [-0.2, -0.15) is 4.98 Å². The van der Waals surface area contributed by atoms with Gasteiger partial charge in [0.2, 0.25) is 0 Å². The molecule has 114 valence electrons. The average Bonchev–Trinajstić information content (AvgIpc) is 3.14. The van der Waals surface area contributed by atoms with Crippen LogP contribution in [0.2, 0.25) is 0 Å². The minimum atomic E-state index is 0.239. The second-order valence-corrected chi connectivity index (χ2v) is 5.49. The first-order valence-electron chi connectivity index (χ1n) is 7.62. The molecule has 2 aromatic rings. The van der Waals surface area contributed by atoms with E-state index in [2.05, 4.69) is 27.3 Å². The van der Waals surface area contributed by atoms with Gasteiger partial charge in [-0.15, -0.1) is 0 Å². The number of hydrogen-bond donors (Lipinski definition) is 1. The highest BCUT2D eigenvalue weighted by Gasteiger charge is 2.26. The molecule has 0 aromatic carbocycles. The molecule has 1 unspecified atom stereocenters. The first-order valence-corrected chi connectivity index (χ1v) is 7.62. The molecule has 0 amide bonds. The summed E-state index contributed by atoms with van der Waals surface area (Å²) in [4.78, 5) is 7.03. The minimum Gasteiger partial charge on any atom is -0.469 e. The van der Waals surface area contributed by atoms with E-state index in [9.17, 15) is 0 Å². The predicted molar refractivity (Wildman–Crippen MR) is 78.8 cm³/mol. The summed E-state index contributed by atoms with van der Waals surface area (Å²) in [5.74, 6) is 2.17. The second-order valence-electron chi connectivity index (χ2n) is 5.49. The SMILES string of the molecule is CCCC(c1noc(-c2coc(C)c2)n1)N1CCNCC1. The van der Waals surface area contributed by atoms with Crippen molar-refractivity contribution in [2.75, 3.05) is 26.2 Å². The summed E-state index contributed by atoms with van der Waals surface area (Å²) in [5.41, 5.74) is 0.849. The van der Waals surface area contributed by atoms with Crippen LogP contribution in [0.25, 0.3) is 11.5 Å². The van der Waals surface area contributed by atoms with Crippen LogP contribution in [0.1, 0.15) is 37.4 Å². The van der Waals surface area contributed by atoms with Gasteiger partial charge in [-0.05, 0) is 19.4 Å². The van der Waals surface area contributed by atoms with Gasteiger partial charge in [0, 0.05) is 26.2 Å². The third-order valence-electron chi connectivity index (χ3n) is 3.87. The Hall–Kier alpha value is -1.66. The maximum absolute atomic E-state index is 5.42. The van der Waals surface area contributed by atoms with Gasteiger partial charge in [-0.3, -0.25) is 4.90 Å². The topological polar surface area (TPSA) is 67.3 Å². The van der Waals surface area contributed by atoms with E-state index in [1.165, 1.54) is 0 Å². The monoisotopic (exact) mass is 290 g/mol. The molecule has 0 bridgehead atoms. The fraction of sp³-hybridized carbons (Fsp3) is 0.600. The Morgan fingerprint density at radius 1 is 1.38 bits per heavy atom. The molecular weight excluding hydrogens is 268 g/mol. The van der Waals surface area contributed by atoms with Crippen LogP contribution in [-0.2, 0) is 0 Å². The first-order chi connectivity index (χ1) is 10.3. The number of aromatic nitrogens is 2. The number of piperazine rings is 1. The number of nitrogens with zero attached hydrogens (tertiary/aromatic N) is 3. The van der Waals surface area contributed by atoms with Crippen molar-refractivity contribution in [2.24, 2.45) is 0 Å². The zero-order valence-corrected chi connectivity index (χ0v) is 12.6. The third-order valence-corrected chi connectivity index (χ3v) is 3.87. The van der Waals surface area contributed by atoms with Gasteiger partial charge in [0.25, 0.3) is 5.89 Å². The third kappa shape index (κ3) is 3.16. The average molecular weight is 290 g/mol. The lowest BCUT2D eigenvalue weighted by molar-refractivity contribution is 0.155. The molecule has 3 heterocycles. The van der Waals surface area contributed by atoms with E-state index in [1.54, 1.807) is 6.26 Å². The number of rotatable bonds is 5. The van der Waals surface area contributed by atoms with Crippen molar-refractivity contribution >= 4 is 0 Å². The molecule has 0 radical (unpaired) electrons. The van der Waals surface area contributed by atoms with E-state index in [0.717, 1.165) is 56.2 Å². The fourth-order valence-electron chi connectivity index (χ4n) is 2.79. The van der Waals surface area contributed by atoms with Crippen molar-refractivity contribution in [3.05, 3.63) is 23.9 Å². The minimum absolute atomic E-state index is 0.239. The Kier molecular flexibility index (Phi) is 4.36. The molecule has 1 aliphatic heterocycles. The number of hydrogen-bond acceptors (Lipinski definition) is 6. The Balaban J connectivity index is 1.81. The van der Waals surface area contributed by atoms with E-state index in [4.69, 9.17) is 8.94 Å². The smallest absolute Gasteiger partial charge is 0.261 e. The van der Waals surface area contributed by atoms with Gasteiger partial charge >= 0.3 is 0 Å². The summed E-state index contributed by atoms with van der Waals surface area (Å²) in [6.45, 7) is 8.19. The van der Waals surface area contributed by atoms with Crippen LogP contribution in [0.5, 0.6) is 0 Å². The van der Waals surface area contributed by atoms with Gasteiger partial charge in [0.15, 0.2) is 5.82 Å². The summed E-state index contributed by atoms with van der Waals surface area (Å²) in [6, 6.07) is 2.15. The predicted octanol–water partition coefficient (Wildman–Crippen LogP) is 2.38. The molecule has 0 saturated carbocycles. The Morgan fingerprint density at radius 3 is 2.86 bits per heavy atom. The number of nitrogens with one attached hydrogen (secondary N) is 1. The summed E-state index contributed by atoms with van der Waals surface area (Å²) < 4.78 is 10.7. The summed E-state index contributed by atoms with van der Waals surface area (Å²) in [7, 11) is 0. The summed E-state index contributed by atoms with van der Waals surface area (Å²) >= 11 is 0. The van der Waals surface area contributed by atoms with Gasteiger partial charge in [-0.25, -0.2) is 0 Å². The quantitative estimate of drug-likeness (QED) is 0.912. The molecule has 1 aliphatic rings. The van der Waals surface area contributed by atoms with Crippen LogP contribution < -0.4 is 5.32 Å². The molecule has 21 heavy (non-hydrogen) atoms. The molecular formula is C15H22N4O2. The van der Waals surface area contributed by atoms with Gasteiger partial charge in [0.1, 0.15) is 12.0 Å². The lowest BCUT2D eigenvalue weighted by atomic mass is 10.1. The highest BCUT2D eigenvalue weighted by molar-refractivity contribution is 5.51. The Labute approximate surface area is 124 Å². The summed E-state index contributed by atoms with van der Waals surface area (Å²) in [6.07, 6.45) is 3.80. The largest absolute Gasteiger partial charge is 0.469 e. The number of furan rings is 1. The molecule has 6 heteroatoms. The van der Waals surface area contributed by atoms with Crippen molar-refractivity contribution in [1.82, 2.24) is 20.4 Å². The summed E-state index contributed by atoms with van der Waals surface area (Å²) in [5, 5.41) is 7.58. The highest BCUT2D eigenvalue weighted by atomic mass is 16.5. The zero-order valence-electron chi connectivity index (χ0n) is 12.6. The van der Waals surface area contributed by atoms with Crippen LogP contribution >= 0.6 is 0 Å². The maximum atomic E-state index is 5.42. The lowest BCUT2D eigenvalue weighted by Gasteiger charge is -2.33. The molecule has 0 spiro atoms. The van der Waals surface area contributed by atoms with Crippen molar-refractivity contribution < 1.29 is 8.94 Å². The van der Waals surface area contributed by atoms with Crippen molar-refractivity contribution in [3.63, 3.8) is 0 Å². The van der Waals surface area contributed by atoms with Gasteiger partial charge < -0.3 is 14.3 Å². The number of aryl methyl sites for hydroxylation is 1. The van der Waals surface area contributed by atoms with Crippen molar-refractivity contribution in [3.8, 4) is 11.5 Å². The van der Waals surface area contributed by atoms with Crippen molar-refractivity contribution in [1.29, 1.82) is 0 Å².